The van der Waals surface area contributed by atoms with Crippen molar-refractivity contribution in [3.63, 3.8) is 0 Å². The minimum Gasteiger partial charge on any atom is -1.00 e. The molecule has 0 saturated carbocycles. The van der Waals surface area contributed by atoms with Crippen molar-refractivity contribution in [3.8, 4) is 0 Å². The van der Waals surface area contributed by atoms with E-state index in [2.05, 4.69) is 103 Å². The predicted octanol–water partition coefficient (Wildman–Crippen LogP) is 4.67. The van der Waals surface area contributed by atoms with Gasteiger partial charge in [0.25, 0.3) is 0 Å². The Kier molecular flexibility index (Phi) is 16.0. The third kappa shape index (κ3) is 9.94. The van der Waals surface area contributed by atoms with Crippen molar-refractivity contribution in [1.29, 1.82) is 0 Å². The van der Waals surface area contributed by atoms with Gasteiger partial charge in [-0.05, 0) is 88.8 Å². The Labute approximate surface area is 243 Å². The summed E-state index contributed by atoms with van der Waals surface area (Å²) in [7, 11) is -1.70. The lowest BCUT2D eigenvalue weighted by Gasteiger charge is -2.27. The van der Waals surface area contributed by atoms with Crippen LogP contribution in [0.4, 0.5) is 0 Å². The number of halogens is 1. The molecule has 0 aliphatic heterocycles. The molecule has 0 saturated heterocycles. The molecule has 0 heterocycles. The van der Waals surface area contributed by atoms with Gasteiger partial charge in [0.05, 0.1) is 6.16 Å². The quantitative estimate of drug-likeness (QED) is 0.0710. The Morgan fingerprint density at radius 1 is 0.595 bits per heavy atom. The standard InChI is InChI=1S/C33H44O2P.HI/c1-3-34-33(35-4-2)28-20-9-7-5-6-8-10-21-29-36(30-22-14-11-15-23-30,31-24-16-12-17-25-31)32-26-18-13-19-27-32;/h6,8,11-19,22-27,33H,3-5,7,9-10,20-21,28-29H2,1-2H3;1H/q+1;/p-1/b8-6-;. The molecule has 200 valence electrons. The van der Waals surface area contributed by atoms with E-state index in [-0.39, 0.29) is 30.3 Å². The van der Waals surface area contributed by atoms with E-state index in [1.807, 2.05) is 13.8 Å². The lowest BCUT2D eigenvalue weighted by Crippen LogP contribution is -3.00. The summed E-state index contributed by atoms with van der Waals surface area (Å²) in [6.45, 7) is 5.50. The third-order valence-corrected chi connectivity index (χ3v) is 11.2. The first-order valence-corrected chi connectivity index (χ1v) is 15.7. The molecule has 0 fully saturated rings. The van der Waals surface area contributed by atoms with Crippen LogP contribution >= 0.6 is 7.26 Å². The van der Waals surface area contributed by atoms with Crippen LogP contribution in [-0.4, -0.2) is 25.7 Å². The van der Waals surface area contributed by atoms with Crippen LogP contribution in [-0.2, 0) is 9.47 Å². The van der Waals surface area contributed by atoms with E-state index >= 15 is 0 Å². The second-order valence-corrected chi connectivity index (χ2v) is 12.7. The van der Waals surface area contributed by atoms with E-state index in [1.165, 1.54) is 41.3 Å². The Balaban J connectivity index is 0.00000481. The fourth-order valence-electron chi connectivity index (χ4n) is 4.90. The fraction of sp³-hybridized carbons (Fsp3) is 0.394. The van der Waals surface area contributed by atoms with Crippen LogP contribution in [0.15, 0.2) is 103 Å². The zero-order valence-corrected chi connectivity index (χ0v) is 25.7. The molecular formula is C33H44IO2P. The van der Waals surface area contributed by atoms with Crippen molar-refractivity contribution in [2.45, 2.75) is 65.1 Å². The molecule has 0 amide bonds. The molecule has 0 aliphatic rings. The van der Waals surface area contributed by atoms with Gasteiger partial charge in [0, 0.05) is 13.2 Å². The Morgan fingerprint density at radius 3 is 1.46 bits per heavy atom. The number of ether oxygens (including phenoxy) is 2. The molecule has 0 bridgehead atoms. The Bertz CT molecular complexity index is 876. The molecule has 0 aromatic heterocycles. The number of unbranched alkanes of at least 4 members (excludes halogenated alkanes) is 4. The first-order chi connectivity index (χ1) is 17.8. The molecular weight excluding hydrogens is 586 g/mol. The average Bonchev–Trinajstić information content (AvgIpc) is 2.93. The number of benzene rings is 3. The van der Waals surface area contributed by atoms with Crippen LogP contribution in [0.5, 0.6) is 0 Å². The largest absolute Gasteiger partial charge is 1.00 e. The first-order valence-electron chi connectivity index (χ1n) is 13.7. The maximum absolute atomic E-state index is 5.64. The number of allylic oxidation sites excluding steroid dienone is 2. The molecule has 0 spiro atoms. The summed E-state index contributed by atoms with van der Waals surface area (Å²) in [6.07, 6.45) is 14.0. The minimum atomic E-state index is -1.70. The van der Waals surface area contributed by atoms with Gasteiger partial charge in [0.2, 0.25) is 0 Å². The van der Waals surface area contributed by atoms with E-state index < -0.39 is 7.26 Å². The molecule has 0 N–H and O–H groups in total. The summed E-state index contributed by atoms with van der Waals surface area (Å²) in [6, 6.07) is 33.6. The zero-order chi connectivity index (χ0) is 25.3. The van der Waals surface area contributed by atoms with Gasteiger partial charge in [-0.1, -0.05) is 73.2 Å². The summed E-state index contributed by atoms with van der Waals surface area (Å²) in [5.74, 6) is 0. The highest BCUT2D eigenvalue weighted by Gasteiger charge is 2.44. The summed E-state index contributed by atoms with van der Waals surface area (Å²) < 4.78 is 11.3. The highest BCUT2D eigenvalue weighted by Crippen LogP contribution is 2.55. The maximum Gasteiger partial charge on any atom is 0.157 e. The average molecular weight is 631 g/mol. The van der Waals surface area contributed by atoms with Crippen LogP contribution in [0.2, 0.25) is 0 Å². The van der Waals surface area contributed by atoms with Gasteiger partial charge in [0.15, 0.2) is 6.29 Å². The third-order valence-electron chi connectivity index (χ3n) is 6.64. The molecule has 0 unspecified atom stereocenters. The van der Waals surface area contributed by atoms with Crippen LogP contribution in [0.1, 0.15) is 58.8 Å². The zero-order valence-electron chi connectivity index (χ0n) is 22.6. The number of hydrogen-bond donors (Lipinski definition) is 0. The van der Waals surface area contributed by atoms with Gasteiger partial charge >= 0.3 is 0 Å². The van der Waals surface area contributed by atoms with E-state index in [0.29, 0.717) is 0 Å². The predicted molar refractivity (Wildman–Crippen MR) is 159 cm³/mol. The fourth-order valence-corrected chi connectivity index (χ4v) is 9.27. The molecule has 3 rings (SSSR count). The van der Waals surface area contributed by atoms with Crippen molar-refractivity contribution in [2.75, 3.05) is 19.4 Å². The van der Waals surface area contributed by atoms with Crippen molar-refractivity contribution >= 4 is 23.2 Å². The second kappa shape index (κ2) is 18.7. The molecule has 0 aliphatic carbocycles. The van der Waals surface area contributed by atoms with Crippen LogP contribution in [0.25, 0.3) is 0 Å². The molecule has 37 heavy (non-hydrogen) atoms. The lowest BCUT2D eigenvalue weighted by atomic mass is 10.1. The van der Waals surface area contributed by atoms with Crippen LogP contribution < -0.4 is 39.9 Å². The summed E-state index contributed by atoms with van der Waals surface area (Å²) in [5, 5.41) is 4.43. The van der Waals surface area contributed by atoms with Gasteiger partial charge in [-0.3, -0.25) is 0 Å². The van der Waals surface area contributed by atoms with Gasteiger partial charge in [-0.15, -0.1) is 0 Å². The van der Waals surface area contributed by atoms with Gasteiger partial charge in [-0.2, -0.15) is 0 Å². The van der Waals surface area contributed by atoms with E-state index in [1.54, 1.807) is 0 Å². The molecule has 4 heteroatoms. The molecule has 0 atom stereocenters. The van der Waals surface area contributed by atoms with E-state index in [0.717, 1.165) is 38.9 Å². The van der Waals surface area contributed by atoms with Crippen molar-refractivity contribution in [1.82, 2.24) is 0 Å². The summed E-state index contributed by atoms with van der Waals surface area (Å²) in [5.41, 5.74) is 0. The first kappa shape index (κ1) is 31.7. The van der Waals surface area contributed by atoms with E-state index in [9.17, 15) is 0 Å². The molecule has 3 aromatic rings. The number of hydrogen-bond acceptors (Lipinski definition) is 2. The van der Waals surface area contributed by atoms with E-state index in [4.69, 9.17) is 9.47 Å². The minimum absolute atomic E-state index is 0. The van der Waals surface area contributed by atoms with Crippen LogP contribution in [0, 0.1) is 0 Å². The van der Waals surface area contributed by atoms with Gasteiger partial charge in [-0.25, -0.2) is 0 Å². The monoisotopic (exact) mass is 630 g/mol. The maximum atomic E-state index is 5.64. The summed E-state index contributed by atoms with van der Waals surface area (Å²) in [4.78, 5) is 0. The smallest absolute Gasteiger partial charge is 0.157 e. The van der Waals surface area contributed by atoms with Crippen molar-refractivity contribution < 1.29 is 33.5 Å². The molecule has 2 nitrogen and oxygen atoms in total. The SMILES string of the molecule is CCOC(CCCCC/C=C\CCC[P+](c1ccccc1)(c1ccccc1)c1ccccc1)OCC.[I-]. The van der Waals surface area contributed by atoms with Crippen molar-refractivity contribution in [2.24, 2.45) is 0 Å². The summed E-state index contributed by atoms with van der Waals surface area (Å²) >= 11 is 0. The van der Waals surface area contributed by atoms with Crippen molar-refractivity contribution in [3.05, 3.63) is 103 Å². The van der Waals surface area contributed by atoms with Gasteiger partial charge < -0.3 is 33.5 Å². The highest BCUT2D eigenvalue weighted by molar-refractivity contribution is 7.95. The lowest BCUT2D eigenvalue weighted by molar-refractivity contribution is -0.140. The second-order valence-electron chi connectivity index (χ2n) is 9.13. The highest BCUT2D eigenvalue weighted by atomic mass is 127. The number of rotatable bonds is 17. The van der Waals surface area contributed by atoms with Gasteiger partial charge in [0.1, 0.15) is 23.2 Å². The molecule has 3 aromatic carbocycles. The topological polar surface area (TPSA) is 18.5 Å². The normalized spacial score (nSPS) is 11.6. The van der Waals surface area contributed by atoms with Crippen LogP contribution in [0.3, 0.4) is 0 Å². The Hall–Kier alpha value is -1.52. The Morgan fingerprint density at radius 2 is 1.03 bits per heavy atom. The molecule has 0 radical (unpaired) electrons.